The van der Waals surface area contributed by atoms with Crippen LogP contribution in [0.25, 0.3) is 0 Å². The molecular weight excluding hydrogens is 226 g/mol. The zero-order valence-corrected chi connectivity index (χ0v) is 11.2. The van der Waals surface area contributed by atoms with E-state index in [-0.39, 0.29) is 5.84 Å². The summed E-state index contributed by atoms with van der Waals surface area (Å²) in [5.41, 5.74) is 6.90. The van der Waals surface area contributed by atoms with E-state index in [4.69, 9.17) is 10.9 Å². The molecule has 0 aromatic heterocycles. The van der Waals surface area contributed by atoms with Crippen molar-refractivity contribution in [2.24, 2.45) is 10.9 Å². The van der Waals surface area contributed by atoms with Gasteiger partial charge in [0.25, 0.3) is 0 Å². The van der Waals surface area contributed by atoms with Crippen LogP contribution in [0.15, 0.2) is 35.5 Å². The van der Waals surface area contributed by atoms with Crippen LogP contribution in [0, 0.1) is 0 Å². The third kappa shape index (κ3) is 5.19. The van der Waals surface area contributed by atoms with E-state index in [2.05, 4.69) is 48.2 Å². The highest BCUT2D eigenvalue weighted by Crippen LogP contribution is 2.05. The molecule has 0 heterocycles. The molecule has 0 amide bonds. The lowest BCUT2D eigenvalue weighted by atomic mass is 10.1. The van der Waals surface area contributed by atoms with E-state index in [1.54, 1.807) is 0 Å². The minimum absolute atomic E-state index is 0.267. The van der Waals surface area contributed by atoms with Crippen molar-refractivity contribution in [2.75, 3.05) is 13.1 Å². The summed E-state index contributed by atoms with van der Waals surface area (Å²) in [4.78, 5) is 2.21. The summed E-state index contributed by atoms with van der Waals surface area (Å²) in [6.45, 7) is 5.70. The Morgan fingerprint density at radius 3 is 2.56 bits per heavy atom. The van der Waals surface area contributed by atoms with Crippen molar-refractivity contribution in [3.05, 3.63) is 35.9 Å². The second kappa shape index (κ2) is 7.71. The fourth-order valence-electron chi connectivity index (χ4n) is 1.89. The minimum atomic E-state index is 0.267. The maximum atomic E-state index is 8.61. The standard InChI is InChI=1S/C14H23N3O/c1-12(2)17(11-14(15)16-18)10-6-9-13-7-4-3-5-8-13/h3-5,7-8,12,18H,6,9-11H2,1-2H3,(H2,15,16). The number of hydrogen-bond donors (Lipinski definition) is 2. The number of aryl methyl sites for hydroxylation is 1. The molecule has 18 heavy (non-hydrogen) atoms. The molecule has 4 heteroatoms. The molecule has 0 fully saturated rings. The topological polar surface area (TPSA) is 61.8 Å². The van der Waals surface area contributed by atoms with E-state index in [1.807, 2.05) is 6.07 Å². The van der Waals surface area contributed by atoms with E-state index in [0.717, 1.165) is 19.4 Å². The highest BCUT2D eigenvalue weighted by atomic mass is 16.4. The van der Waals surface area contributed by atoms with Crippen molar-refractivity contribution < 1.29 is 5.21 Å². The quantitative estimate of drug-likeness (QED) is 0.336. The highest BCUT2D eigenvalue weighted by molar-refractivity contribution is 5.81. The van der Waals surface area contributed by atoms with Crippen molar-refractivity contribution in [2.45, 2.75) is 32.7 Å². The molecule has 1 aromatic rings. The van der Waals surface area contributed by atoms with Crippen LogP contribution in [0.1, 0.15) is 25.8 Å². The first-order valence-corrected chi connectivity index (χ1v) is 6.38. The highest BCUT2D eigenvalue weighted by Gasteiger charge is 2.10. The average Bonchev–Trinajstić information content (AvgIpc) is 2.38. The lowest BCUT2D eigenvalue weighted by Gasteiger charge is -2.25. The molecule has 100 valence electrons. The first kappa shape index (κ1) is 14.5. The second-order valence-corrected chi connectivity index (χ2v) is 4.74. The van der Waals surface area contributed by atoms with Gasteiger partial charge in [0, 0.05) is 6.04 Å². The number of nitrogens with two attached hydrogens (primary N) is 1. The predicted molar refractivity (Wildman–Crippen MR) is 74.9 cm³/mol. The molecular formula is C14H23N3O. The molecule has 0 aliphatic rings. The van der Waals surface area contributed by atoms with E-state index in [1.165, 1.54) is 5.56 Å². The number of amidine groups is 1. The largest absolute Gasteiger partial charge is 0.409 e. The van der Waals surface area contributed by atoms with Gasteiger partial charge in [-0.2, -0.15) is 0 Å². The smallest absolute Gasteiger partial charge is 0.153 e. The number of hydrogen-bond acceptors (Lipinski definition) is 3. The van der Waals surface area contributed by atoms with Crippen molar-refractivity contribution in [3.8, 4) is 0 Å². The molecule has 0 spiro atoms. The van der Waals surface area contributed by atoms with E-state index < -0.39 is 0 Å². The molecule has 0 saturated carbocycles. The summed E-state index contributed by atoms with van der Waals surface area (Å²) in [6, 6.07) is 10.8. The lowest BCUT2D eigenvalue weighted by molar-refractivity contribution is 0.244. The first-order valence-electron chi connectivity index (χ1n) is 6.38. The van der Waals surface area contributed by atoms with Gasteiger partial charge in [0.1, 0.15) is 0 Å². The molecule has 0 atom stereocenters. The Balaban J connectivity index is 2.38. The Morgan fingerprint density at radius 1 is 1.33 bits per heavy atom. The van der Waals surface area contributed by atoms with Crippen molar-refractivity contribution >= 4 is 5.84 Å². The Bertz CT molecular complexity index is 363. The third-order valence-corrected chi connectivity index (χ3v) is 2.98. The monoisotopic (exact) mass is 249 g/mol. The van der Waals surface area contributed by atoms with E-state index in [0.29, 0.717) is 12.6 Å². The van der Waals surface area contributed by atoms with Gasteiger partial charge in [0.05, 0.1) is 6.54 Å². The van der Waals surface area contributed by atoms with Crippen LogP contribution in [0.5, 0.6) is 0 Å². The Morgan fingerprint density at radius 2 is 2.00 bits per heavy atom. The summed E-state index contributed by atoms with van der Waals surface area (Å²) in [5.74, 6) is 0.267. The number of oxime groups is 1. The number of benzene rings is 1. The molecule has 0 saturated heterocycles. The molecule has 0 unspecified atom stereocenters. The van der Waals surface area contributed by atoms with Crippen molar-refractivity contribution in [1.82, 2.24) is 4.90 Å². The van der Waals surface area contributed by atoms with Gasteiger partial charge in [-0.05, 0) is 38.8 Å². The second-order valence-electron chi connectivity index (χ2n) is 4.74. The predicted octanol–water partition coefficient (Wildman–Crippen LogP) is 2.08. The normalized spacial score (nSPS) is 12.3. The van der Waals surface area contributed by atoms with Crippen LogP contribution in [0.3, 0.4) is 0 Å². The molecule has 4 nitrogen and oxygen atoms in total. The molecule has 0 bridgehead atoms. The van der Waals surface area contributed by atoms with Crippen LogP contribution >= 0.6 is 0 Å². The van der Waals surface area contributed by atoms with Gasteiger partial charge < -0.3 is 10.9 Å². The molecule has 1 aromatic carbocycles. The Kier molecular flexibility index (Phi) is 6.22. The third-order valence-electron chi connectivity index (χ3n) is 2.98. The summed E-state index contributed by atoms with van der Waals surface area (Å²) in [5, 5.41) is 11.6. The van der Waals surface area contributed by atoms with Crippen LogP contribution in [-0.2, 0) is 6.42 Å². The minimum Gasteiger partial charge on any atom is -0.409 e. The van der Waals surface area contributed by atoms with Gasteiger partial charge in [-0.1, -0.05) is 35.5 Å². The number of rotatable bonds is 7. The van der Waals surface area contributed by atoms with Crippen LogP contribution in [-0.4, -0.2) is 35.1 Å². The molecule has 0 aliphatic carbocycles. The van der Waals surface area contributed by atoms with Crippen LogP contribution in [0.2, 0.25) is 0 Å². The van der Waals surface area contributed by atoms with Gasteiger partial charge in [-0.15, -0.1) is 0 Å². The lowest BCUT2D eigenvalue weighted by Crippen LogP contribution is -2.39. The summed E-state index contributed by atoms with van der Waals surface area (Å²) in [7, 11) is 0. The van der Waals surface area contributed by atoms with Gasteiger partial charge in [0.15, 0.2) is 5.84 Å². The summed E-state index contributed by atoms with van der Waals surface area (Å²) in [6.07, 6.45) is 2.13. The Hall–Kier alpha value is -1.55. The average molecular weight is 249 g/mol. The zero-order chi connectivity index (χ0) is 13.4. The van der Waals surface area contributed by atoms with Gasteiger partial charge in [-0.25, -0.2) is 0 Å². The fourth-order valence-corrected chi connectivity index (χ4v) is 1.89. The van der Waals surface area contributed by atoms with Gasteiger partial charge >= 0.3 is 0 Å². The van der Waals surface area contributed by atoms with Crippen molar-refractivity contribution in [3.63, 3.8) is 0 Å². The maximum absolute atomic E-state index is 8.61. The van der Waals surface area contributed by atoms with E-state index in [9.17, 15) is 0 Å². The SMILES string of the molecule is CC(C)N(CCCc1ccccc1)CC(N)=NO. The fraction of sp³-hybridized carbons (Fsp3) is 0.500. The van der Waals surface area contributed by atoms with Gasteiger partial charge in [-0.3, -0.25) is 4.90 Å². The first-order chi connectivity index (χ1) is 8.63. The molecule has 0 radical (unpaired) electrons. The summed E-state index contributed by atoms with van der Waals surface area (Å²) >= 11 is 0. The summed E-state index contributed by atoms with van der Waals surface area (Å²) < 4.78 is 0. The van der Waals surface area contributed by atoms with Crippen molar-refractivity contribution in [1.29, 1.82) is 0 Å². The molecule has 0 aliphatic heterocycles. The number of nitrogens with zero attached hydrogens (tertiary/aromatic N) is 2. The van der Waals surface area contributed by atoms with Crippen LogP contribution in [0.4, 0.5) is 0 Å². The Labute approximate surface area is 109 Å². The maximum Gasteiger partial charge on any atom is 0.153 e. The zero-order valence-electron chi connectivity index (χ0n) is 11.2. The van der Waals surface area contributed by atoms with E-state index >= 15 is 0 Å². The van der Waals surface area contributed by atoms with Gasteiger partial charge in [0.2, 0.25) is 0 Å². The molecule has 3 N–H and O–H groups in total. The van der Waals surface area contributed by atoms with Crippen LogP contribution < -0.4 is 5.73 Å². The molecule has 1 rings (SSSR count).